The van der Waals surface area contributed by atoms with Crippen LogP contribution >= 0.6 is 23.4 Å². The Hall–Kier alpha value is -1.46. The Morgan fingerprint density at radius 2 is 2.15 bits per heavy atom. The predicted molar refractivity (Wildman–Crippen MR) is 83.5 cm³/mol. The fourth-order valence-electron chi connectivity index (χ4n) is 1.51. The van der Waals surface area contributed by atoms with Crippen LogP contribution in [0.4, 0.5) is 0 Å². The van der Waals surface area contributed by atoms with E-state index in [0.29, 0.717) is 22.7 Å². The lowest BCUT2D eigenvalue weighted by molar-refractivity contribution is -0.131. The molecule has 1 amide bonds. The minimum absolute atomic E-state index is 0.102. The number of halogens is 1. The summed E-state index contributed by atoms with van der Waals surface area (Å²) in [6.07, 6.45) is 4.39. The maximum absolute atomic E-state index is 12.1. The Morgan fingerprint density at radius 1 is 1.45 bits per heavy atom. The van der Waals surface area contributed by atoms with Crippen LogP contribution in [0, 0.1) is 0 Å². The van der Waals surface area contributed by atoms with Gasteiger partial charge in [0.05, 0.1) is 0 Å². The van der Waals surface area contributed by atoms with Crippen molar-refractivity contribution in [3.8, 4) is 0 Å². The molecule has 0 heterocycles. The van der Waals surface area contributed by atoms with Crippen molar-refractivity contribution in [1.29, 1.82) is 0 Å². The summed E-state index contributed by atoms with van der Waals surface area (Å²) in [6.45, 7) is 0.665. The molecule has 0 aliphatic rings. The zero-order valence-corrected chi connectivity index (χ0v) is 12.9. The van der Waals surface area contributed by atoms with E-state index in [-0.39, 0.29) is 5.91 Å². The Kier molecular flexibility index (Phi) is 6.61. The van der Waals surface area contributed by atoms with E-state index < -0.39 is 5.97 Å². The molecule has 0 fully saturated rings. The van der Waals surface area contributed by atoms with E-state index in [9.17, 15) is 9.59 Å². The summed E-state index contributed by atoms with van der Waals surface area (Å²) >= 11 is 7.72. The second-order valence-corrected chi connectivity index (χ2v) is 5.52. The number of benzene rings is 1. The number of rotatable bonds is 6. The number of amides is 1. The summed E-state index contributed by atoms with van der Waals surface area (Å²) < 4.78 is 0. The van der Waals surface area contributed by atoms with Gasteiger partial charge < -0.3 is 10.0 Å². The largest absolute Gasteiger partial charge is 0.478 e. The number of thioether (sulfide) groups is 1. The molecule has 0 aliphatic heterocycles. The third kappa shape index (κ3) is 4.90. The number of hydrogen-bond donors (Lipinski definition) is 1. The van der Waals surface area contributed by atoms with Crippen LogP contribution in [0.5, 0.6) is 0 Å². The fourth-order valence-corrected chi connectivity index (χ4v) is 2.21. The van der Waals surface area contributed by atoms with E-state index in [0.717, 1.165) is 11.8 Å². The highest BCUT2D eigenvalue weighted by Crippen LogP contribution is 2.20. The standard InChI is InChI=1S/C14H16ClNO3S/c1-16(7-8-20-2)14(19)11-4-3-10(12(15)9-11)5-6-13(17)18/h3-6,9H,7-8H2,1-2H3,(H,17,18)/b6-5+. The number of hydrogen-bond acceptors (Lipinski definition) is 3. The van der Waals surface area contributed by atoms with Gasteiger partial charge in [-0.05, 0) is 30.0 Å². The summed E-state index contributed by atoms with van der Waals surface area (Å²) in [5, 5.41) is 8.92. The molecule has 1 aromatic carbocycles. The van der Waals surface area contributed by atoms with Crippen LogP contribution in [-0.4, -0.2) is 47.5 Å². The molecule has 0 radical (unpaired) electrons. The van der Waals surface area contributed by atoms with Crippen LogP contribution in [0.25, 0.3) is 6.08 Å². The minimum atomic E-state index is -1.04. The van der Waals surface area contributed by atoms with Crippen molar-refractivity contribution in [2.75, 3.05) is 25.6 Å². The lowest BCUT2D eigenvalue weighted by Crippen LogP contribution is -2.28. The van der Waals surface area contributed by atoms with Crippen molar-refractivity contribution in [3.05, 3.63) is 40.4 Å². The van der Waals surface area contributed by atoms with Gasteiger partial charge in [-0.1, -0.05) is 17.7 Å². The predicted octanol–water partition coefficient (Wildman–Crippen LogP) is 2.87. The van der Waals surface area contributed by atoms with Crippen molar-refractivity contribution < 1.29 is 14.7 Å². The average Bonchev–Trinajstić information content (AvgIpc) is 2.42. The first-order valence-corrected chi connectivity index (χ1v) is 7.68. The Labute approximate surface area is 127 Å². The summed E-state index contributed by atoms with van der Waals surface area (Å²) in [5.41, 5.74) is 1.06. The zero-order valence-electron chi connectivity index (χ0n) is 11.3. The first kappa shape index (κ1) is 16.6. The Balaban J connectivity index is 2.86. The smallest absolute Gasteiger partial charge is 0.328 e. The van der Waals surface area contributed by atoms with Crippen LogP contribution in [0.3, 0.4) is 0 Å². The molecule has 1 aromatic rings. The molecule has 0 aromatic heterocycles. The van der Waals surface area contributed by atoms with Crippen LogP contribution < -0.4 is 0 Å². The van der Waals surface area contributed by atoms with Crippen LogP contribution in [-0.2, 0) is 4.79 Å². The summed E-state index contributed by atoms with van der Waals surface area (Å²) in [7, 11) is 1.74. The number of carboxylic acids is 1. The molecule has 0 aliphatic carbocycles. The lowest BCUT2D eigenvalue weighted by Gasteiger charge is -2.16. The quantitative estimate of drug-likeness (QED) is 0.820. The van der Waals surface area contributed by atoms with Gasteiger partial charge in [-0.15, -0.1) is 0 Å². The van der Waals surface area contributed by atoms with E-state index >= 15 is 0 Å². The molecule has 6 heteroatoms. The molecule has 0 unspecified atom stereocenters. The topological polar surface area (TPSA) is 57.6 Å². The highest BCUT2D eigenvalue weighted by atomic mass is 35.5. The zero-order chi connectivity index (χ0) is 15.1. The molecule has 108 valence electrons. The number of carbonyl (C=O) groups is 2. The maximum Gasteiger partial charge on any atom is 0.328 e. The first-order valence-electron chi connectivity index (χ1n) is 5.90. The van der Waals surface area contributed by atoms with Crippen LogP contribution in [0.2, 0.25) is 5.02 Å². The second kappa shape index (κ2) is 7.97. The van der Waals surface area contributed by atoms with Crippen LogP contribution in [0.1, 0.15) is 15.9 Å². The van der Waals surface area contributed by atoms with Crippen molar-refractivity contribution in [3.63, 3.8) is 0 Å². The Bertz CT molecular complexity index is 531. The highest BCUT2D eigenvalue weighted by Gasteiger charge is 2.12. The molecule has 0 bridgehead atoms. The molecule has 0 saturated heterocycles. The Morgan fingerprint density at radius 3 is 2.70 bits per heavy atom. The molecule has 0 saturated carbocycles. The third-order valence-electron chi connectivity index (χ3n) is 2.63. The van der Waals surface area contributed by atoms with Gasteiger partial charge in [0.2, 0.25) is 0 Å². The molecular formula is C14H16ClNO3S. The highest BCUT2D eigenvalue weighted by molar-refractivity contribution is 7.98. The maximum atomic E-state index is 12.1. The third-order valence-corrected chi connectivity index (χ3v) is 3.55. The molecule has 4 nitrogen and oxygen atoms in total. The number of nitrogens with zero attached hydrogens (tertiary/aromatic N) is 1. The monoisotopic (exact) mass is 313 g/mol. The van der Waals surface area contributed by atoms with E-state index in [4.69, 9.17) is 16.7 Å². The summed E-state index contributed by atoms with van der Waals surface area (Å²) in [5.74, 6) is -0.275. The van der Waals surface area contributed by atoms with E-state index in [1.165, 1.54) is 6.08 Å². The molecule has 1 N–H and O–H groups in total. The van der Waals surface area contributed by atoms with Crippen molar-refractivity contribution in [2.24, 2.45) is 0 Å². The summed E-state index contributed by atoms with van der Waals surface area (Å²) in [4.78, 5) is 24.2. The van der Waals surface area contributed by atoms with Crippen molar-refractivity contribution in [1.82, 2.24) is 4.90 Å². The van der Waals surface area contributed by atoms with Gasteiger partial charge in [-0.25, -0.2) is 4.79 Å². The van der Waals surface area contributed by atoms with E-state index in [2.05, 4.69) is 0 Å². The van der Waals surface area contributed by atoms with Gasteiger partial charge in [0.1, 0.15) is 0 Å². The van der Waals surface area contributed by atoms with Crippen molar-refractivity contribution in [2.45, 2.75) is 0 Å². The van der Waals surface area contributed by atoms with E-state index in [1.54, 1.807) is 41.9 Å². The SMILES string of the molecule is CSCCN(C)C(=O)c1ccc(/C=C/C(=O)O)c(Cl)c1. The van der Waals surface area contributed by atoms with Gasteiger partial charge in [0.25, 0.3) is 5.91 Å². The normalized spacial score (nSPS) is 10.8. The molecule has 0 spiro atoms. The lowest BCUT2D eigenvalue weighted by atomic mass is 10.1. The molecule has 0 atom stereocenters. The number of aliphatic carboxylic acids is 1. The van der Waals surface area contributed by atoms with Crippen molar-refractivity contribution >= 4 is 41.3 Å². The minimum Gasteiger partial charge on any atom is -0.478 e. The molecular weight excluding hydrogens is 298 g/mol. The van der Waals surface area contributed by atoms with Gasteiger partial charge in [0.15, 0.2) is 0 Å². The summed E-state index contributed by atoms with van der Waals surface area (Å²) in [6, 6.07) is 4.84. The van der Waals surface area contributed by atoms with Crippen LogP contribution in [0.15, 0.2) is 24.3 Å². The van der Waals surface area contributed by atoms with Gasteiger partial charge >= 0.3 is 5.97 Å². The fraction of sp³-hybridized carbons (Fsp3) is 0.286. The molecule has 1 rings (SSSR count). The van der Waals surface area contributed by atoms with E-state index in [1.807, 2.05) is 6.26 Å². The van der Waals surface area contributed by atoms with Gasteiger partial charge in [0, 0.05) is 36.0 Å². The second-order valence-electron chi connectivity index (χ2n) is 4.13. The average molecular weight is 314 g/mol. The van der Waals surface area contributed by atoms with Gasteiger partial charge in [-0.2, -0.15) is 11.8 Å². The molecule has 20 heavy (non-hydrogen) atoms. The first-order chi connectivity index (χ1) is 9.45. The van der Waals surface area contributed by atoms with Gasteiger partial charge in [-0.3, -0.25) is 4.79 Å². The number of carbonyl (C=O) groups excluding carboxylic acids is 1. The number of carboxylic acid groups (broad SMARTS) is 1.